The number of likely N-dealkylation sites (tertiary alicyclic amines) is 1. The lowest BCUT2D eigenvalue weighted by molar-refractivity contribution is -0.0547. The summed E-state index contributed by atoms with van der Waals surface area (Å²) in [6, 6.07) is 11.5. The molecule has 0 saturated carbocycles. The molecule has 2 aliphatic heterocycles. The van der Waals surface area contributed by atoms with Gasteiger partial charge in [-0.25, -0.2) is 0 Å². The maximum absolute atomic E-state index is 5.54. The van der Waals surface area contributed by atoms with Gasteiger partial charge < -0.3 is 14.4 Å². The number of hydrogen-bond donors (Lipinski definition) is 0. The predicted octanol–water partition coefficient (Wildman–Crippen LogP) is 2.59. The van der Waals surface area contributed by atoms with Gasteiger partial charge in [-0.3, -0.25) is 4.90 Å². The topological polar surface area (TPSA) is 24.9 Å². The van der Waals surface area contributed by atoms with Crippen LogP contribution in [0.25, 0.3) is 0 Å². The molecular formula is C19H30N2O2. The monoisotopic (exact) mass is 318 g/mol. The smallest absolute Gasteiger partial charge is 0.159 e. The Morgan fingerprint density at radius 1 is 1.17 bits per heavy atom. The van der Waals surface area contributed by atoms with E-state index in [2.05, 4.69) is 54.1 Å². The third-order valence-electron chi connectivity index (χ3n) is 5.17. The van der Waals surface area contributed by atoms with Crippen LogP contribution in [0.4, 0.5) is 0 Å². The quantitative estimate of drug-likeness (QED) is 0.805. The number of rotatable bonds is 6. The lowest BCUT2D eigenvalue weighted by Crippen LogP contribution is -2.49. The zero-order valence-electron chi connectivity index (χ0n) is 14.5. The molecule has 3 rings (SSSR count). The van der Waals surface area contributed by atoms with Gasteiger partial charge in [0.1, 0.15) is 0 Å². The van der Waals surface area contributed by atoms with E-state index in [1.807, 2.05) is 0 Å². The highest BCUT2D eigenvalue weighted by Crippen LogP contribution is 2.23. The summed E-state index contributed by atoms with van der Waals surface area (Å²) in [7, 11) is 2.25. The molecule has 0 spiro atoms. The van der Waals surface area contributed by atoms with E-state index in [4.69, 9.17) is 9.47 Å². The summed E-state index contributed by atoms with van der Waals surface area (Å²) in [4.78, 5) is 5.10. The largest absolute Gasteiger partial charge is 0.350 e. The molecule has 0 unspecified atom stereocenters. The average molecular weight is 318 g/mol. The van der Waals surface area contributed by atoms with Gasteiger partial charge in [-0.15, -0.1) is 0 Å². The van der Waals surface area contributed by atoms with Crippen molar-refractivity contribution < 1.29 is 9.47 Å². The number of piperidine rings is 1. The van der Waals surface area contributed by atoms with Crippen LogP contribution in [0.2, 0.25) is 0 Å². The van der Waals surface area contributed by atoms with E-state index in [1.165, 1.54) is 25.1 Å². The zero-order chi connectivity index (χ0) is 16.1. The second kappa shape index (κ2) is 8.25. The maximum Gasteiger partial charge on any atom is 0.159 e. The van der Waals surface area contributed by atoms with Crippen LogP contribution in [0.1, 0.15) is 25.3 Å². The van der Waals surface area contributed by atoms with Crippen LogP contribution < -0.4 is 0 Å². The first-order valence-electron chi connectivity index (χ1n) is 8.92. The van der Waals surface area contributed by atoms with Crippen molar-refractivity contribution >= 4 is 0 Å². The molecule has 2 saturated heterocycles. The third kappa shape index (κ3) is 4.77. The molecule has 2 atom stereocenters. The molecule has 4 nitrogen and oxygen atoms in total. The van der Waals surface area contributed by atoms with Crippen LogP contribution in [-0.4, -0.2) is 62.0 Å². The predicted molar refractivity (Wildman–Crippen MR) is 92.2 cm³/mol. The Kier molecular flexibility index (Phi) is 6.06. The Balaban J connectivity index is 1.44. The SMILES string of the molecule is C[C@H]1CN(Cc2ccccc2)CC[C@@H]1N(C)CCC1OCCO1. The number of hydrogen-bond acceptors (Lipinski definition) is 4. The first kappa shape index (κ1) is 16.9. The van der Waals surface area contributed by atoms with Gasteiger partial charge >= 0.3 is 0 Å². The van der Waals surface area contributed by atoms with Crippen molar-refractivity contribution in [1.29, 1.82) is 0 Å². The summed E-state index contributed by atoms with van der Waals surface area (Å²) >= 11 is 0. The third-order valence-corrected chi connectivity index (χ3v) is 5.17. The number of nitrogens with zero attached hydrogens (tertiary/aromatic N) is 2. The van der Waals surface area contributed by atoms with Gasteiger partial charge in [-0.1, -0.05) is 37.3 Å². The Hall–Kier alpha value is -0.940. The van der Waals surface area contributed by atoms with Gasteiger partial charge in [0.05, 0.1) is 13.2 Å². The standard InChI is InChI=1S/C19H30N2O2/c1-16-14-21(15-17-6-4-3-5-7-17)11-8-18(16)20(2)10-9-19-22-12-13-23-19/h3-7,16,18-19H,8-15H2,1-2H3/t16-,18-/m0/s1. The van der Waals surface area contributed by atoms with Crippen LogP contribution in [0.15, 0.2) is 30.3 Å². The highest BCUT2D eigenvalue weighted by Gasteiger charge is 2.29. The van der Waals surface area contributed by atoms with Gasteiger partial charge in [0.2, 0.25) is 0 Å². The van der Waals surface area contributed by atoms with E-state index < -0.39 is 0 Å². The maximum atomic E-state index is 5.54. The summed E-state index contributed by atoms with van der Waals surface area (Å²) in [6.07, 6.45) is 2.25. The van der Waals surface area contributed by atoms with Gasteiger partial charge in [0, 0.05) is 32.1 Å². The van der Waals surface area contributed by atoms with Gasteiger partial charge in [0.15, 0.2) is 6.29 Å². The minimum atomic E-state index is 0.0194. The lowest BCUT2D eigenvalue weighted by atomic mass is 9.92. The average Bonchev–Trinajstić information content (AvgIpc) is 3.07. The first-order valence-corrected chi connectivity index (χ1v) is 8.92. The van der Waals surface area contributed by atoms with Gasteiger partial charge in [-0.2, -0.15) is 0 Å². The summed E-state index contributed by atoms with van der Waals surface area (Å²) in [6.45, 7) is 8.39. The molecule has 0 bridgehead atoms. The number of benzene rings is 1. The molecule has 1 aromatic carbocycles. The fraction of sp³-hybridized carbons (Fsp3) is 0.684. The van der Waals surface area contributed by atoms with Crippen LogP contribution in [0.3, 0.4) is 0 Å². The molecule has 0 aromatic heterocycles. The zero-order valence-corrected chi connectivity index (χ0v) is 14.5. The minimum Gasteiger partial charge on any atom is -0.350 e. The second-order valence-electron chi connectivity index (χ2n) is 6.99. The molecule has 0 aliphatic carbocycles. The van der Waals surface area contributed by atoms with Crippen molar-refractivity contribution in [2.24, 2.45) is 5.92 Å². The molecular weight excluding hydrogens is 288 g/mol. The highest BCUT2D eigenvalue weighted by molar-refractivity contribution is 5.14. The van der Waals surface area contributed by atoms with Crippen LogP contribution in [-0.2, 0) is 16.0 Å². The van der Waals surface area contributed by atoms with Crippen molar-refractivity contribution in [3.63, 3.8) is 0 Å². The summed E-state index contributed by atoms with van der Waals surface area (Å²) in [5.74, 6) is 0.697. The molecule has 0 radical (unpaired) electrons. The van der Waals surface area contributed by atoms with Crippen molar-refractivity contribution in [1.82, 2.24) is 9.80 Å². The van der Waals surface area contributed by atoms with Crippen molar-refractivity contribution in [3.05, 3.63) is 35.9 Å². The normalized spacial score (nSPS) is 26.9. The molecule has 0 N–H and O–H groups in total. The van der Waals surface area contributed by atoms with Crippen LogP contribution in [0, 0.1) is 5.92 Å². The van der Waals surface area contributed by atoms with E-state index in [9.17, 15) is 0 Å². The fourth-order valence-corrected chi connectivity index (χ4v) is 3.91. The minimum absolute atomic E-state index is 0.0194. The van der Waals surface area contributed by atoms with E-state index in [0.717, 1.165) is 32.7 Å². The van der Waals surface area contributed by atoms with Gasteiger partial charge in [-0.05, 0) is 31.5 Å². The summed E-state index contributed by atoms with van der Waals surface area (Å²) < 4.78 is 11.1. The second-order valence-corrected chi connectivity index (χ2v) is 6.99. The lowest BCUT2D eigenvalue weighted by Gasteiger charge is -2.41. The molecule has 2 aliphatic rings. The molecule has 0 amide bonds. The molecule has 4 heteroatoms. The van der Waals surface area contributed by atoms with E-state index in [0.29, 0.717) is 12.0 Å². The molecule has 2 heterocycles. The first-order chi connectivity index (χ1) is 11.2. The van der Waals surface area contributed by atoms with Crippen molar-refractivity contribution in [2.45, 2.75) is 38.6 Å². The Labute approximate surface area is 140 Å². The molecule has 128 valence electrons. The highest BCUT2D eigenvalue weighted by atomic mass is 16.7. The van der Waals surface area contributed by atoms with Crippen LogP contribution in [0.5, 0.6) is 0 Å². The fourth-order valence-electron chi connectivity index (χ4n) is 3.91. The van der Waals surface area contributed by atoms with Crippen LogP contribution >= 0.6 is 0 Å². The van der Waals surface area contributed by atoms with Crippen molar-refractivity contribution in [3.8, 4) is 0 Å². The van der Waals surface area contributed by atoms with E-state index in [1.54, 1.807) is 0 Å². The van der Waals surface area contributed by atoms with Gasteiger partial charge in [0.25, 0.3) is 0 Å². The molecule has 2 fully saturated rings. The Morgan fingerprint density at radius 2 is 1.91 bits per heavy atom. The van der Waals surface area contributed by atoms with Crippen molar-refractivity contribution in [2.75, 3.05) is 39.9 Å². The Bertz CT molecular complexity index is 462. The molecule has 23 heavy (non-hydrogen) atoms. The van der Waals surface area contributed by atoms with E-state index >= 15 is 0 Å². The van der Waals surface area contributed by atoms with E-state index in [-0.39, 0.29) is 6.29 Å². The summed E-state index contributed by atoms with van der Waals surface area (Å²) in [5.41, 5.74) is 1.42. The summed E-state index contributed by atoms with van der Waals surface area (Å²) in [5, 5.41) is 0. The molecule has 1 aromatic rings. The number of ether oxygens (including phenoxy) is 2. The Morgan fingerprint density at radius 3 is 2.61 bits per heavy atom.